The van der Waals surface area contributed by atoms with Crippen molar-refractivity contribution in [2.75, 3.05) is 39.5 Å². The SMILES string of the molecule is CC(NC(=O)C(O)CN1CCOCC1)C1COc2ccccc2O1. The minimum absolute atomic E-state index is 0.273. The molecule has 7 nitrogen and oxygen atoms in total. The summed E-state index contributed by atoms with van der Waals surface area (Å²) in [4.78, 5) is 14.2. The summed E-state index contributed by atoms with van der Waals surface area (Å²) in [5.74, 6) is 0.986. The molecule has 1 aromatic carbocycles. The number of carbonyl (C=O) groups excluding carboxylic acids is 1. The Labute approximate surface area is 141 Å². The van der Waals surface area contributed by atoms with Gasteiger partial charge < -0.3 is 24.6 Å². The predicted molar refractivity (Wildman–Crippen MR) is 87.2 cm³/mol. The smallest absolute Gasteiger partial charge is 0.250 e. The Hall–Kier alpha value is -1.83. The number of morpholine rings is 1. The lowest BCUT2D eigenvalue weighted by Crippen LogP contribution is -2.53. The number of hydrogen-bond acceptors (Lipinski definition) is 6. The molecule has 132 valence electrons. The van der Waals surface area contributed by atoms with Crippen molar-refractivity contribution in [1.82, 2.24) is 10.2 Å². The molecule has 2 aliphatic rings. The number of carbonyl (C=O) groups is 1. The van der Waals surface area contributed by atoms with E-state index in [1.807, 2.05) is 36.1 Å². The second kappa shape index (κ2) is 7.83. The van der Waals surface area contributed by atoms with Gasteiger partial charge in [0.1, 0.15) is 12.7 Å². The Morgan fingerprint density at radius 3 is 2.79 bits per heavy atom. The number of benzene rings is 1. The van der Waals surface area contributed by atoms with Gasteiger partial charge >= 0.3 is 0 Å². The van der Waals surface area contributed by atoms with E-state index < -0.39 is 12.0 Å². The van der Waals surface area contributed by atoms with E-state index in [9.17, 15) is 9.90 Å². The van der Waals surface area contributed by atoms with Crippen LogP contribution in [0.25, 0.3) is 0 Å². The van der Waals surface area contributed by atoms with E-state index in [1.54, 1.807) is 0 Å². The monoisotopic (exact) mass is 336 g/mol. The van der Waals surface area contributed by atoms with Crippen molar-refractivity contribution in [3.63, 3.8) is 0 Å². The van der Waals surface area contributed by atoms with E-state index >= 15 is 0 Å². The number of aliphatic hydroxyl groups excluding tert-OH is 1. The van der Waals surface area contributed by atoms with Crippen LogP contribution in [0.2, 0.25) is 0 Å². The molecule has 0 spiro atoms. The topological polar surface area (TPSA) is 80.3 Å². The van der Waals surface area contributed by atoms with Crippen molar-refractivity contribution < 1.29 is 24.1 Å². The number of rotatable bonds is 5. The first-order valence-electron chi connectivity index (χ1n) is 8.30. The molecule has 0 aromatic heterocycles. The molecule has 2 aliphatic heterocycles. The number of nitrogens with one attached hydrogen (secondary N) is 1. The molecule has 3 unspecified atom stereocenters. The molecule has 0 aliphatic carbocycles. The standard InChI is InChI=1S/C17H24N2O5/c1-12(16-11-23-14-4-2-3-5-15(14)24-16)18-17(21)13(20)10-19-6-8-22-9-7-19/h2-5,12-13,16,20H,6-11H2,1H3,(H,18,21). The molecular formula is C17H24N2O5. The van der Waals surface area contributed by atoms with Crippen molar-refractivity contribution in [3.05, 3.63) is 24.3 Å². The van der Waals surface area contributed by atoms with Crippen LogP contribution >= 0.6 is 0 Å². The first-order chi connectivity index (χ1) is 11.6. The van der Waals surface area contributed by atoms with Gasteiger partial charge in [0.05, 0.1) is 19.3 Å². The fraction of sp³-hybridized carbons (Fsp3) is 0.588. The molecule has 1 aromatic rings. The average Bonchev–Trinajstić information content (AvgIpc) is 2.62. The third-order valence-electron chi connectivity index (χ3n) is 4.30. The van der Waals surface area contributed by atoms with Crippen molar-refractivity contribution in [1.29, 1.82) is 0 Å². The van der Waals surface area contributed by atoms with Crippen molar-refractivity contribution in [2.24, 2.45) is 0 Å². The normalized spacial score (nSPS) is 23.3. The molecule has 1 fully saturated rings. The van der Waals surface area contributed by atoms with Gasteiger partial charge in [0, 0.05) is 19.6 Å². The fourth-order valence-corrected chi connectivity index (χ4v) is 2.81. The van der Waals surface area contributed by atoms with E-state index in [0.717, 1.165) is 13.1 Å². The van der Waals surface area contributed by atoms with Gasteiger partial charge in [-0.1, -0.05) is 12.1 Å². The zero-order valence-corrected chi connectivity index (χ0v) is 13.8. The van der Waals surface area contributed by atoms with Gasteiger partial charge in [-0.05, 0) is 19.1 Å². The number of nitrogens with zero attached hydrogens (tertiary/aromatic N) is 1. The van der Waals surface area contributed by atoms with Gasteiger partial charge in [0.15, 0.2) is 17.6 Å². The van der Waals surface area contributed by atoms with Crippen LogP contribution in [0.1, 0.15) is 6.92 Å². The van der Waals surface area contributed by atoms with Crippen LogP contribution in [0.4, 0.5) is 0 Å². The van der Waals surface area contributed by atoms with Crippen molar-refractivity contribution in [3.8, 4) is 11.5 Å². The summed E-state index contributed by atoms with van der Waals surface area (Å²) in [6.07, 6.45) is -1.36. The number of β-amino-alcohol motifs (C(OH)–C–C–N with tert-alkyl or cyclic N) is 1. The minimum Gasteiger partial charge on any atom is -0.486 e. The summed E-state index contributed by atoms with van der Waals surface area (Å²) in [6, 6.07) is 7.17. The Balaban J connectivity index is 1.49. The largest absolute Gasteiger partial charge is 0.486 e. The highest BCUT2D eigenvalue weighted by Crippen LogP contribution is 2.31. The lowest BCUT2D eigenvalue weighted by Gasteiger charge is -2.32. The number of amides is 1. The first kappa shape index (κ1) is 17.0. The summed E-state index contributed by atoms with van der Waals surface area (Å²) in [5, 5.41) is 12.9. The van der Waals surface area contributed by atoms with Gasteiger partial charge in [-0.2, -0.15) is 0 Å². The van der Waals surface area contributed by atoms with Crippen LogP contribution in [-0.4, -0.2) is 73.6 Å². The van der Waals surface area contributed by atoms with E-state index in [4.69, 9.17) is 14.2 Å². The lowest BCUT2D eigenvalue weighted by atomic mass is 10.1. The maximum Gasteiger partial charge on any atom is 0.250 e. The van der Waals surface area contributed by atoms with Gasteiger partial charge in [0.25, 0.3) is 5.91 Å². The Kier molecular flexibility index (Phi) is 5.55. The maximum atomic E-state index is 12.2. The summed E-state index contributed by atoms with van der Waals surface area (Å²) in [5.41, 5.74) is 0. The van der Waals surface area contributed by atoms with Gasteiger partial charge in [-0.25, -0.2) is 0 Å². The molecule has 1 amide bonds. The second-order valence-corrected chi connectivity index (χ2v) is 6.14. The van der Waals surface area contributed by atoms with E-state index in [2.05, 4.69) is 5.32 Å². The molecule has 0 radical (unpaired) electrons. The molecule has 2 N–H and O–H groups in total. The average molecular weight is 336 g/mol. The minimum atomic E-state index is -1.07. The Morgan fingerprint density at radius 1 is 1.33 bits per heavy atom. The molecule has 3 rings (SSSR count). The van der Waals surface area contributed by atoms with Gasteiger partial charge in [0.2, 0.25) is 0 Å². The summed E-state index contributed by atoms with van der Waals surface area (Å²) in [6.45, 7) is 5.26. The van der Waals surface area contributed by atoms with Crippen LogP contribution in [0.5, 0.6) is 11.5 Å². The van der Waals surface area contributed by atoms with Crippen LogP contribution in [0.3, 0.4) is 0 Å². The highest BCUT2D eigenvalue weighted by molar-refractivity contribution is 5.81. The van der Waals surface area contributed by atoms with Gasteiger partial charge in [-0.3, -0.25) is 9.69 Å². The molecule has 1 saturated heterocycles. The number of aliphatic hydroxyl groups is 1. The number of fused-ring (bicyclic) bond motifs is 1. The van der Waals surface area contributed by atoms with Crippen LogP contribution < -0.4 is 14.8 Å². The number of para-hydroxylation sites is 2. The van der Waals surface area contributed by atoms with E-state index in [-0.39, 0.29) is 12.1 Å². The summed E-state index contributed by atoms with van der Waals surface area (Å²) < 4.78 is 16.8. The second-order valence-electron chi connectivity index (χ2n) is 6.14. The van der Waals surface area contributed by atoms with Crippen LogP contribution in [0.15, 0.2) is 24.3 Å². The molecular weight excluding hydrogens is 312 g/mol. The van der Waals surface area contributed by atoms with Crippen molar-refractivity contribution in [2.45, 2.75) is 25.2 Å². The molecule has 3 atom stereocenters. The van der Waals surface area contributed by atoms with E-state index in [0.29, 0.717) is 37.9 Å². The summed E-state index contributed by atoms with van der Waals surface area (Å²) >= 11 is 0. The highest BCUT2D eigenvalue weighted by atomic mass is 16.6. The highest BCUT2D eigenvalue weighted by Gasteiger charge is 2.29. The molecule has 0 saturated carbocycles. The third-order valence-corrected chi connectivity index (χ3v) is 4.30. The number of hydrogen-bond donors (Lipinski definition) is 2. The third kappa shape index (κ3) is 4.17. The molecule has 0 bridgehead atoms. The molecule has 24 heavy (non-hydrogen) atoms. The number of ether oxygens (including phenoxy) is 3. The summed E-state index contributed by atoms with van der Waals surface area (Å²) in [7, 11) is 0. The van der Waals surface area contributed by atoms with E-state index in [1.165, 1.54) is 0 Å². The molecule has 7 heteroatoms. The van der Waals surface area contributed by atoms with Crippen LogP contribution in [-0.2, 0) is 9.53 Å². The zero-order valence-electron chi connectivity index (χ0n) is 13.8. The van der Waals surface area contributed by atoms with Gasteiger partial charge in [-0.15, -0.1) is 0 Å². The first-order valence-corrected chi connectivity index (χ1v) is 8.30. The molecule has 2 heterocycles. The predicted octanol–water partition coefficient (Wildman–Crippen LogP) is 0.0242. The lowest BCUT2D eigenvalue weighted by molar-refractivity contribution is -0.132. The van der Waals surface area contributed by atoms with Crippen LogP contribution in [0, 0.1) is 0 Å². The Morgan fingerprint density at radius 2 is 2.04 bits per heavy atom. The maximum absolute atomic E-state index is 12.2. The Bertz CT molecular complexity index is 562. The quantitative estimate of drug-likeness (QED) is 0.789. The van der Waals surface area contributed by atoms with Crippen molar-refractivity contribution >= 4 is 5.91 Å². The fourth-order valence-electron chi connectivity index (χ4n) is 2.81. The zero-order chi connectivity index (χ0) is 16.9.